The Balaban J connectivity index is 1.32. The van der Waals surface area contributed by atoms with Gasteiger partial charge in [0.15, 0.2) is 5.76 Å². The Bertz CT molecular complexity index is 1370. The second-order valence-electron chi connectivity index (χ2n) is 6.56. The van der Waals surface area contributed by atoms with Crippen LogP contribution in [0, 0.1) is 0 Å². The van der Waals surface area contributed by atoms with Gasteiger partial charge in [-0.1, -0.05) is 57.8 Å². The van der Waals surface area contributed by atoms with Crippen LogP contribution < -0.4 is 5.43 Å². The number of aromatic amines is 1. The quantitative estimate of drug-likeness (QED) is 0.192. The number of furan rings is 1. The van der Waals surface area contributed by atoms with E-state index in [-0.39, 0.29) is 0 Å². The predicted molar refractivity (Wildman–Crippen MR) is 123 cm³/mol. The van der Waals surface area contributed by atoms with E-state index in [9.17, 15) is 0 Å². The van der Waals surface area contributed by atoms with E-state index in [0.717, 1.165) is 32.9 Å². The molecule has 0 saturated heterocycles. The Labute approximate surface area is 186 Å². The standard InChI is InChI=1S/C22H14Cl2N4OS/c23-14-5-6-17(24)16(9-14)20-7-8-21(29-20)19-12-30-22(27-19)28-26-11-13-10-25-18-4-2-1-3-15(13)18/h1-12,25H,(H,27,28)/p+1/b26-11+. The second kappa shape index (κ2) is 8.08. The van der Waals surface area contributed by atoms with E-state index in [0.29, 0.717) is 21.6 Å². The Hall–Kier alpha value is -2.90. The summed E-state index contributed by atoms with van der Waals surface area (Å²) in [6, 6.07) is 17.1. The minimum atomic E-state index is 0.583. The number of thiazole rings is 1. The van der Waals surface area contributed by atoms with Gasteiger partial charge in [0.05, 0.1) is 11.2 Å². The number of nitrogens with one attached hydrogen (secondary N) is 1. The van der Waals surface area contributed by atoms with Crippen LogP contribution in [0.1, 0.15) is 5.56 Å². The summed E-state index contributed by atoms with van der Waals surface area (Å²) in [7, 11) is 0. The maximum atomic E-state index is 6.27. The summed E-state index contributed by atoms with van der Waals surface area (Å²) in [6.45, 7) is 0. The molecule has 0 radical (unpaired) electrons. The summed E-state index contributed by atoms with van der Waals surface area (Å²) in [5, 5.41) is 9.48. The summed E-state index contributed by atoms with van der Waals surface area (Å²) in [6.07, 6.45) is 3.77. The van der Waals surface area contributed by atoms with Gasteiger partial charge in [0, 0.05) is 38.6 Å². The molecule has 5 rings (SSSR count). The number of hydrogen-bond donors (Lipinski definition) is 2. The number of hydrogen-bond acceptors (Lipinski definition) is 4. The number of rotatable bonds is 5. The van der Waals surface area contributed by atoms with Crippen molar-refractivity contribution in [3.05, 3.63) is 81.8 Å². The van der Waals surface area contributed by atoms with E-state index in [1.807, 2.05) is 48.1 Å². The average molecular weight is 454 g/mol. The highest BCUT2D eigenvalue weighted by Gasteiger charge is 2.14. The van der Waals surface area contributed by atoms with Crippen molar-refractivity contribution in [2.75, 3.05) is 0 Å². The molecule has 0 unspecified atom stereocenters. The maximum Gasteiger partial charge on any atom is 0.310 e. The summed E-state index contributed by atoms with van der Waals surface area (Å²) >= 11 is 13.9. The molecular weight excluding hydrogens is 439 g/mol. The minimum Gasteiger partial charge on any atom is -0.454 e. The van der Waals surface area contributed by atoms with E-state index in [4.69, 9.17) is 27.6 Å². The van der Waals surface area contributed by atoms with Gasteiger partial charge < -0.3 is 9.40 Å². The molecule has 0 spiro atoms. The van der Waals surface area contributed by atoms with Gasteiger partial charge in [0.25, 0.3) is 0 Å². The molecule has 0 aliphatic rings. The average Bonchev–Trinajstić information content (AvgIpc) is 3.49. The van der Waals surface area contributed by atoms with Gasteiger partial charge in [-0.3, -0.25) is 0 Å². The fourth-order valence-electron chi connectivity index (χ4n) is 3.15. The zero-order valence-electron chi connectivity index (χ0n) is 15.5. The Morgan fingerprint density at radius 3 is 2.87 bits per heavy atom. The lowest BCUT2D eigenvalue weighted by molar-refractivity contribution is -0.576. The molecule has 148 valence electrons. The molecule has 0 atom stereocenters. The molecule has 0 fully saturated rings. The number of aromatic nitrogens is 2. The van der Waals surface area contributed by atoms with E-state index in [1.165, 1.54) is 11.3 Å². The van der Waals surface area contributed by atoms with Crippen molar-refractivity contribution < 1.29 is 9.84 Å². The van der Waals surface area contributed by atoms with Crippen LogP contribution in [0.15, 0.2) is 75.7 Å². The number of fused-ring (bicyclic) bond motifs is 1. The molecule has 2 aromatic carbocycles. The van der Waals surface area contributed by atoms with Crippen LogP contribution in [-0.2, 0) is 0 Å². The molecule has 0 amide bonds. The molecule has 3 aromatic heterocycles. The van der Waals surface area contributed by atoms with Gasteiger partial charge in [-0.05, 0) is 36.4 Å². The molecule has 30 heavy (non-hydrogen) atoms. The minimum absolute atomic E-state index is 0.583. The number of H-pyrrole nitrogens is 1. The molecule has 8 heteroatoms. The van der Waals surface area contributed by atoms with Crippen molar-refractivity contribution in [3.63, 3.8) is 0 Å². The van der Waals surface area contributed by atoms with Crippen LogP contribution in [-0.4, -0.2) is 16.2 Å². The van der Waals surface area contributed by atoms with Gasteiger partial charge in [0.2, 0.25) is 0 Å². The Kier molecular flexibility index (Phi) is 5.14. The molecule has 0 bridgehead atoms. The first-order valence-electron chi connectivity index (χ1n) is 9.11. The van der Waals surface area contributed by atoms with Crippen LogP contribution in [0.3, 0.4) is 0 Å². The smallest absolute Gasteiger partial charge is 0.310 e. The molecular formula is C22H15Cl2N4OS+. The van der Waals surface area contributed by atoms with Crippen molar-refractivity contribution in [2.45, 2.75) is 0 Å². The van der Waals surface area contributed by atoms with Crippen LogP contribution >= 0.6 is 34.5 Å². The van der Waals surface area contributed by atoms with E-state index < -0.39 is 0 Å². The summed E-state index contributed by atoms with van der Waals surface area (Å²) in [5.41, 5.74) is 5.36. The molecule has 3 heterocycles. The summed E-state index contributed by atoms with van der Waals surface area (Å²) in [5.74, 6) is 1.31. The second-order valence-corrected chi connectivity index (χ2v) is 8.29. The largest absolute Gasteiger partial charge is 0.454 e. The first-order valence-corrected chi connectivity index (χ1v) is 10.7. The van der Waals surface area contributed by atoms with Crippen molar-refractivity contribution in [1.82, 2.24) is 9.97 Å². The highest BCUT2D eigenvalue weighted by molar-refractivity contribution is 7.13. The molecule has 0 saturated carbocycles. The monoisotopic (exact) mass is 453 g/mol. The molecule has 0 aliphatic heterocycles. The lowest BCUT2D eigenvalue weighted by Gasteiger charge is -2.01. The highest BCUT2D eigenvalue weighted by atomic mass is 35.5. The van der Waals surface area contributed by atoms with E-state index >= 15 is 0 Å². The van der Waals surface area contributed by atoms with Crippen LogP contribution in [0.2, 0.25) is 10.0 Å². The third kappa shape index (κ3) is 3.78. The predicted octanol–water partition coefficient (Wildman–Crippen LogP) is 6.09. The summed E-state index contributed by atoms with van der Waals surface area (Å²) in [4.78, 5) is 7.83. The van der Waals surface area contributed by atoms with E-state index in [1.54, 1.807) is 23.6 Å². The fourth-order valence-corrected chi connectivity index (χ4v) is 4.21. The van der Waals surface area contributed by atoms with Crippen LogP contribution in [0.25, 0.3) is 33.7 Å². The number of nitrogens with zero attached hydrogens (tertiary/aromatic N) is 2. The third-order valence-electron chi connectivity index (χ3n) is 4.59. The molecule has 5 nitrogen and oxygen atoms in total. The van der Waals surface area contributed by atoms with Gasteiger partial charge in [-0.2, -0.15) is 10.4 Å². The van der Waals surface area contributed by atoms with Gasteiger partial charge in [-0.25, -0.2) is 0 Å². The zero-order valence-corrected chi connectivity index (χ0v) is 17.8. The van der Waals surface area contributed by atoms with Crippen molar-refractivity contribution in [3.8, 4) is 22.8 Å². The third-order valence-corrected chi connectivity index (χ3v) is 5.94. The van der Waals surface area contributed by atoms with Crippen LogP contribution in [0.4, 0.5) is 5.13 Å². The SMILES string of the molecule is Clc1ccc(Cl)c(-c2ccc(-c3csc([NH2+]/N=C/c4c[nH]c5ccccc45)n3)o2)c1. The summed E-state index contributed by atoms with van der Waals surface area (Å²) < 4.78 is 5.96. The topological polar surface area (TPSA) is 70.8 Å². The van der Waals surface area contributed by atoms with Gasteiger partial charge in [-0.15, -0.1) is 0 Å². The Morgan fingerprint density at radius 2 is 1.93 bits per heavy atom. The Morgan fingerprint density at radius 1 is 1.07 bits per heavy atom. The molecule has 5 aromatic rings. The van der Waals surface area contributed by atoms with E-state index in [2.05, 4.69) is 21.1 Å². The number of quaternary nitrogens is 1. The number of para-hydroxylation sites is 1. The maximum absolute atomic E-state index is 6.27. The number of halogens is 2. The number of nitrogens with two attached hydrogens (primary N) is 1. The lowest BCUT2D eigenvalue weighted by Crippen LogP contribution is -2.71. The van der Waals surface area contributed by atoms with Crippen molar-refractivity contribution in [1.29, 1.82) is 0 Å². The van der Waals surface area contributed by atoms with Crippen molar-refractivity contribution in [2.24, 2.45) is 5.10 Å². The van der Waals surface area contributed by atoms with Gasteiger partial charge >= 0.3 is 5.13 Å². The lowest BCUT2D eigenvalue weighted by atomic mass is 10.2. The molecule has 0 aliphatic carbocycles. The first kappa shape index (κ1) is 19.1. The fraction of sp³-hybridized carbons (Fsp3) is 0. The van der Waals surface area contributed by atoms with Crippen LogP contribution in [0.5, 0.6) is 0 Å². The van der Waals surface area contributed by atoms with Crippen molar-refractivity contribution >= 4 is 56.8 Å². The molecule has 3 N–H and O–H groups in total. The number of benzene rings is 2. The normalized spacial score (nSPS) is 11.7. The van der Waals surface area contributed by atoms with Gasteiger partial charge in [0.1, 0.15) is 11.5 Å². The highest BCUT2D eigenvalue weighted by Crippen LogP contribution is 2.34. The zero-order chi connectivity index (χ0) is 20.5. The first-order chi connectivity index (χ1) is 14.7.